The highest BCUT2D eigenvalue weighted by atomic mass is 35.5. The highest BCUT2D eigenvalue weighted by molar-refractivity contribution is 6.32. The Bertz CT molecular complexity index is 371. The van der Waals surface area contributed by atoms with Gasteiger partial charge in [-0.05, 0) is 24.6 Å². The Morgan fingerprint density at radius 2 is 2.00 bits per heavy atom. The van der Waals surface area contributed by atoms with Crippen molar-refractivity contribution < 1.29 is 13.2 Å². The molecule has 0 bridgehead atoms. The smallest absolute Gasteiger partial charge is 0.310 e. The van der Waals surface area contributed by atoms with E-state index < -0.39 is 11.7 Å². The molecule has 1 aliphatic rings. The van der Waals surface area contributed by atoms with E-state index in [-0.39, 0.29) is 11.1 Å². The Morgan fingerprint density at radius 3 is 2.47 bits per heavy atom. The molecule has 1 aliphatic heterocycles. The molecule has 1 aromatic rings. The lowest BCUT2D eigenvalue weighted by Crippen LogP contribution is -2.35. The van der Waals surface area contributed by atoms with E-state index in [2.05, 4.69) is 5.32 Å². The van der Waals surface area contributed by atoms with Gasteiger partial charge < -0.3 is 5.32 Å². The van der Waals surface area contributed by atoms with Crippen LogP contribution in [-0.4, -0.2) is 6.54 Å². The van der Waals surface area contributed by atoms with Crippen molar-refractivity contribution in [2.75, 3.05) is 6.54 Å². The topological polar surface area (TPSA) is 12.0 Å². The van der Waals surface area contributed by atoms with Crippen LogP contribution in [0.25, 0.3) is 0 Å². The van der Waals surface area contributed by atoms with Gasteiger partial charge in [0.25, 0.3) is 0 Å². The summed E-state index contributed by atoms with van der Waals surface area (Å²) in [6, 6.07) is 4.00. The third-order valence-corrected chi connectivity index (χ3v) is 2.95. The summed E-state index contributed by atoms with van der Waals surface area (Å²) in [5.41, 5.74) is -0.215. The van der Waals surface area contributed by atoms with Crippen molar-refractivity contribution in [1.82, 2.24) is 5.32 Å². The molecule has 0 saturated carbocycles. The van der Waals surface area contributed by atoms with E-state index in [1.807, 2.05) is 0 Å². The van der Waals surface area contributed by atoms with Crippen molar-refractivity contribution in [1.29, 1.82) is 0 Å². The molecule has 5 heteroatoms. The molecule has 2 rings (SSSR count). The molecule has 0 unspecified atom stereocenters. The zero-order valence-corrected chi connectivity index (χ0v) is 8.49. The Morgan fingerprint density at radius 1 is 1.33 bits per heavy atom. The summed E-state index contributed by atoms with van der Waals surface area (Å²) in [4.78, 5) is 0. The molecule has 0 aliphatic carbocycles. The van der Waals surface area contributed by atoms with Crippen LogP contribution in [0.3, 0.4) is 0 Å². The zero-order chi connectivity index (χ0) is 11.1. The molecule has 1 aromatic carbocycles. The first-order valence-electron chi connectivity index (χ1n) is 4.59. The largest absolute Gasteiger partial charge is 0.417 e. The van der Waals surface area contributed by atoms with Crippen LogP contribution < -0.4 is 5.32 Å². The first kappa shape index (κ1) is 10.8. The fourth-order valence-corrected chi connectivity index (χ4v) is 1.96. The summed E-state index contributed by atoms with van der Waals surface area (Å²) in [6.07, 6.45) is -3.54. The van der Waals surface area contributed by atoms with Crippen LogP contribution in [0.4, 0.5) is 13.2 Å². The van der Waals surface area contributed by atoms with Crippen molar-refractivity contribution in [3.8, 4) is 0 Å². The van der Waals surface area contributed by atoms with E-state index in [1.54, 1.807) is 6.07 Å². The minimum atomic E-state index is -4.38. The average molecular weight is 236 g/mol. The van der Waals surface area contributed by atoms with Gasteiger partial charge in [0.2, 0.25) is 0 Å². The predicted molar refractivity (Wildman–Crippen MR) is 51.8 cm³/mol. The van der Waals surface area contributed by atoms with Crippen LogP contribution in [0.2, 0.25) is 5.02 Å². The van der Waals surface area contributed by atoms with E-state index >= 15 is 0 Å². The molecule has 0 radical (unpaired) electrons. The monoisotopic (exact) mass is 235 g/mol. The molecule has 1 saturated heterocycles. The highest BCUT2D eigenvalue weighted by Crippen LogP contribution is 2.39. The number of hydrogen-bond acceptors (Lipinski definition) is 1. The maximum Gasteiger partial charge on any atom is 0.417 e. The van der Waals surface area contributed by atoms with E-state index in [4.69, 9.17) is 11.6 Å². The van der Waals surface area contributed by atoms with Crippen molar-refractivity contribution in [3.63, 3.8) is 0 Å². The van der Waals surface area contributed by atoms with Crippen LogP contribution in [0.5, 0.6) is 0 Å². The molecule has 0 spiro atoms. The van der Waals surface area contributed by atoms with Crippen LogP contribution in [0.15, 0.2) is 18.2 Å². The summed E-state index contributed by atoms with van der Waals surface area (Å²) in [7, 11) is 0. The summed E-state index contributed by atoms with van der Waals surface area (Å²) < 4.78 is 37.5. The lowest BCUT2D eigenvalue weighted by atomic mass is 9.96. The maximum atomic E-state index is 12.5. The number of halogens is 4. The minimum absolute atomic E-state index is 0.0280. The Hall–Kier alpha value is -0.740. The van der Waals surface area contributed by atoms with Gasteiger partial charge in [0.15, 0.2) is 0 Å². The average Bonchev–Trinajstić information content (AvgIpc) is 2.03. The van der Waals surface area contributed by atoms with Gasteiger partial charge in [-0.2, -0.15) is 13.2 Å². The van der Waals surface area contributed by atoms with E-state index in [1.165, 1.54) is 6.07 Å². The van der Waals surface area contributed by atoms with Gasteiger partial charge in [0, 0.05) is 6.04 Å². The second-order valence-electron chi connectivity index (χ2n) is 3.50. The minimum Gasteiger partial charge on any atom is -0.310 e. The SMILES string of the molecule is FC(F)(F)c1cccc([C@@H]2CCN2)c1Cl. The quantitative estimate of drug-likeness (QED) is 0.787. The van der Waals surface area contributed by atoms with Gasteiger partial charge in [0.1, 0.15) is 0 Å². The zero-order valence-electron chi connectivity index (χ0n) is 7.74. The predicted octanol–water partition coefficient (Wildman–Crippen LogP) is 3.39. The number of hydrogen-bond donors (Lipinski definition) is 1. The molecule has 15 heavy (non-hydrogen) atoms. The molecular formula is C10H9ClF3N. The molecule has 1 fully saturated rings. The van der Waals surface area contributed by atoms with Gasteiger partial charge in [-0.25, -0.2) is 0 Å². The van der Waals surface area contributed by atoms with Crippen LogP contribution >= 0.6 is 11.6 Å². The molecule has 1 N–H and O–H groups in total. The van der Waals surface area contributed by atoms with Gasteiger partial charge in [0.05, 0.1) is 10.6 Å². The lowest BCUT2D eigenvalue weighted by Gasteiger charge is -2.29. The Kier molecular flexibility index (Phi) is 2.64. The number of rotatable bonds is 1. The summed E-state index contributed by atoms with van der Waals surface area (Å²) in [5, 5.41) is 2.85. The normalized spacial score (nSPS) is 21.2. The van der Waals surface area contributed by atoms with Crippen LogP contribution in [0.1, 0.15) is 23.6 Å². The van der Waals surface area contributed by atoms with Gasteiger partial charge >= 0.3 is 6.18 Å². The van der Waals surface area contributed by atoms with E-state index in [0.29, 0.717) is 5.56 Å². The third-order valence-electron chi connectivity index (χ3n) is 2.53. The fourth-order valence-electron chi connectivity index (χ4n) is 1.59. The van der Waals surface area contributed by atoms with Crippen molar-refractivity contribution in [2.45, 2.75) is 18.6 Å². The van der Waals surface area contributed by atoms with Crippen LogP contribution in [0, 0.1) is 0 Å². The number of alkyl halides is 3. The molecule has 1 atom stereocenters. The van der Waals surface area contributed by atoms with E-state index in [0.717, 1.165) is 19.0 Å². The third kappa shape index (κ3) is 1.96. The van der Waals surface area contributed by atoms with Crippen molar-refractivity contribution in [3.05, 3.63) is 34.3 Å². The summed E-state index contributed by atoms with van der Waals surface area (Å²) in [6.45, 7) is 0.831. The highest BCUT2D eigenvalue weighted by Gasteiger charge is 2.35. The molecule has 0 amide bonds. The summed E-state index contributed by atoms with van der Waals surface area (Å²) in [5.74, 6) is 0. The second-order valence-corrected chi connectivity index (χ2v) is 3.88. The number of nitrogens with one attached hydrogen (secondary N) is 1. The van der Waals surface area contributed by atoms with Crippen molar-refractivity contribution in [2.24, 2.45) is 0 Å². The molecule has 82 valence electrons. The van der Waals surface area contributed by atoms with Gasteiger partial charge in [-0.3, -0.25) is 0 Å². The number of benzene rings is 1. The Labute approximate surface area is 90.2 Å². The van der Waals surface area contributed by atoms with Gasteiger partial charge in [-0.1, -0.05) is 23.7 Å². The molecular weight excluding hydrogens is 227 g/mol. The molecule has 0 aromatic heterocycles. The fraction of sp³-hybridized carbons (Fsp3) is 0.400. The van der Waals surface area contributed by atoms with E-state index in [9.17, 15) is 13.2 Å². The molecule has 1 nitrogen and oxygen atoms in total. The summed E-state index contributed by atoms with van der Waals surface area (Å²) >= 11 is 5.74. The first-order valence-corrected chi connectivity index (χ1v) is 4.97. The maximum absolute atomic E-state index is 12.5. The van der Waals surface area contributed by atoms with Crippen LogP contribution in [-0.2, 0) is 6.18 Å². The lowest BCUT2D eigenvalue weighted by molar-refractivity contribution is -0.137. The Balaban J connectivity index is 2.41. The van der Waals surface area contributed by atoms with Crippen molar-refractivity contribution >= 4 is 11.6 Å². The van der Waals surface area contributed by atoms with Gasteiger partial charge in [-0.15, -0.1) is 0 Å². The molecule has 1 heterocycles. The second kappa shape index (κ2) is 3.68. The standard InChI is InChI=1S/C10H9ClF3N/c11-9-6(8-4-5-15-8)2-1-3-7(9)10(12,13)14/h1-3,8,15H,4-5H2/t8-/m0/s1. The first-order chi connectivity index (χ1) is 7.00.